The standard InChI is InChI=1S/C14H18N2O3/c1-10(7-13(18)16-8-12(17)9-16)15-14(19)11-5-3-2-4-6-11/h2-6,10,12,17H,7-9H2,1H3,(H,15,19). The molecule has 1 aromatic carbocycles. The maximum atomic E-state index is 11.9. The van der Waals surface area contributed by atoms with Gasteiger partial charge in [0.25, 0.3) is 5.91 Å². The van der Waals surface area contributed by atoms with Crippen LogP contribution in [0.3, 0.4) is 0 Å². The number of likely N-dealkylation sites (tertiary alicyclic amines) is 1. The molecule has 1 aromatic rings. The molecule has 1 fully saturated rings. The van der Waals surface area contributed by atoms with Gasteiger partial charge in [-0.05, 0) is 19.1 Å². The number of hydrogen-bond donors (Lipinski definition) is 2. The third kappa shape index (κ3) is 3.54. The van der Waals surface area contributed by atoms with E-state index in [4.69, 9.17) is 5.11 Å². The number of aliphatic hydroxyl groups is 1. The molecule has 0 bridgehead atoms. The lowest BCUT2D eigenvalue weighted by molar-refractivity contribution is -0.141. The summed E-state index contributed by atoms with van der Waals surface area (Å²) in [6.45, 7) is 2.60. The van der Waals surface area contributed by atoms with Crippen LogP contribution in [0.1, 0.15) is 23.7 Å². The van der Waals surface area contributed by atoms with Crippen molar-refractivity contribution in [3.8, 4) is 0 Å². The van der Waals surface area contributed by atoms with E-state index >= 15 is 0 Å². The normalized spacial score (nSPS) is 16.6. The first-order valence-electron chi connectivity index (χ1n) is 6.38. The minimum Gasteiger partial charge on any atom is -0.389 e. The molecule has 1 aliphatic rings. The van der Waals surface area contributed by atoms with Gasteiger partial charge in [0.15, 0.2) is 0 Å². The Bertz CT molecular complexity index is 455. The van der Waals surface area contributed by atoms with Crippen molar-refractivity contribution < 1.29 is 14.7 Å². The quantitative estimate of drug-likeness (QED) is 0.825. The Morgan fingerprint density at radius 1 is 1.37 bits per heavy atom. The number of hydrogen-bond acceptors (Lipinski definition) is 3. The van der Waals surface area contributed by atoms with Crippen molar-refractivity contribution in [3.05, 3.63) is 35.9 Å². The largest absolute Gasteiger partial charge is 0.389 e. The molecule has 102 valence electrons. The predicted octanol–water partition coefficient (Wildman–Crippen LogP) is 0.398. The Labute approximate surface area is 112 Å². The van der Waals surface area contributed by atoms with Gasteiger partial charge in [-0.1, -0.05) is 18.2 Å². The van der Waals surface area contributed by atoms with Crippen LogP contribution in [0.15, 0.2) is 30.3 Å². The highest BCUT2D eigenvalue weighted by Crippen LogP contribution is 2.10. The summed E-state index contributed by atoms with van der Waals surface area (Å²) in [6, 6.07) is 8.68. The molecule has 19 heavy (non-hydrogen) atoms. The number of aliphatic hydroxyl groups excluding tert-OH is 1. The number of carbonyl (C=O) groups is 2. The van der Waals surface area contributed by atoms with Gasteiger partial charge in [0.1, 0.15) is 0 Å². The van der Waals surface area contributed by atoms with Crippen LogP contribution in [0.5, 0.6) is 0 Å². The molecule has 1 atom stereocenters. The van der Waals surface area contributed by atoms with Crippen LogP contribution in [0.25, 0.3) is 0 Å². The van der Waals surface area contributed by atoms with Crippen LogP contribution >= 0.6 is 0 Å². The molecule has 0 aliphatic carbocycles. The fourth-order valence-corrected chi connectivity index (χ4v) is 2.00. The van der Waals surface area contributed by atoms with Gasteiger partial charge in [-0.15, -0.1) is 0 Å². The van der Waals surface area contributed by atoms with Crippen molar-refractivity contribution in [2.45, 2.75) is 25.5 Å². The summed E-state index contributed by atoms with van der Waals surface area (Å²) in [5.41, 5.74) is 0.584. The van der Waals surface area contributed by atoms with E-state index < -0.39 is 6.10 Å². The second kappa shape index (κ2) is 5.84. The van der Waals surface area contributed by atoms with E-state index in [0.717, 1.165) is 0 Å². The van der Waals surface area contributed by atoms with Crippen molar-refractivity contribution >= 4 is 11.8 Å². The fourth-order valence-electron chi connectivity index (χ4n) is 2.00. The first-order chi connectivity index (χ1) is 9.06. The van der Waals surface area contributed by atoms with Gasteiger partial charge in [0, 0.05) is 31.1 Å². The molecule has 5 heteroatoms. The number of benzene rings is 1. The molecule has 1 unspecified atom stereocenters. The van der Waals surface area contributed by atoms with Crippen molar-refractivity contribution in [2.24, 2.45) is 0 Å². The van der Waals surface area contributed by atoms with Crippen molar-refractivity contribution in [2.75, 3.05) is 13.1 Å². The lowest BCUT2D eigenvalue weighted by Gasteiger charge is -2.36. The van der Waals surface area contributed by atoms with E-state index in [0.29, 0.717) is 18.7 Å². The van der Waals surface area contributed by atoms with Crippen LogP contribution in [0.2, 0.25) is 0 Å². The Kier molecular flexibility index (Phi) is 4.16. The highest BCUT2D eigenvalue weighted by molar-refractivity contribution is 5.94. The fraction of sp³-hybridized carbons (Fsp3) is 0.429. The van der Waals surface area contributed by atoms with E-state index in [1.807, 2.05) is 6.07 Å². The van der Waals surface area contributed by atoms with Crippen molar-refractivity contribution in [1.82, 2.24) is 10.2 Å². The van der Waals surface area contributed by atoms with Crippen LogP contribution in [0.4, 0.5) is 0 Å². The Balaban J connectivity index is 1.79. The maximum Gasteiger partial charge on any atom is 0.251 e. The van der Waals surface area contributed by atoms with Gasteiger partial charge < -0.3 is 15.3 Å². The lowest BCUT2D eigenvalue weighted by Crippen LogP contribution is -2.54. The Morgan fingerprint density at radius 3 is 2.58 bits per heavy atom. The summed E-state index contributed by atoms with van der Waals surface area (Å²) in [6.07, 6.45) is -0.135. The molecule has 0 spiro atoms. The predicted molar refractivity (Wildman–Crippen MR) is 70.6 cm³/mol. The van der Waals surface area contributed by atoms with Gasteiger partial charge >= 0.3 is 0 Å². The van der Waals surface area contributed by atoms with Gasteiger partial charge in [-0.2, -0.15) is 0 Å². The second-order valence-corrected chi connectivity index (χ2v) is 4.90. The van der Waals surface area contributed by atoms with E-state index in [1.165, 1.54) is 0 Å². The van der Waals surface area contributed by atoms with E-state index in [9.17, 15) is 9.59 Å². The summed E-state index contributed by atoms with van der Waals surface area (Å²) in [7, 11) is 0. The molecule has 5 nitrogen and oxygen atoms in total. The zero-order valence-corrected chi connectivity index (χ0v) is 10.9. The summed E-state index contributed by atoms with van der Waals surface area (Å²) >= 11 is 0. The van der Waals surface area contributed by atoms with Crippen LogP contribution in [-0.4, -0.2) is 47.1 Å². The number of β-amino-alcohol motifs (C(OH)–C–C–N with tert-alkyl or cyclic N) is 1. The molecule has 0 aromatic heterocycles. The van der Waals surface area contributed by atoms with Crippen LogP contribution in [0, 0.1) is 0 Å². The van der Waals surface area contributed by atoms with Gasteiger partial charge in [0.2, 0.25) is 5.91 Å². The van der Waals surface area contributed by atoms with Crippen LogP contribution in [-0.2, 0) is 4.79 Å². The molecule has 0 saturated carbocycles. The van der Waals surface area contributed by atoms with Crippen LogP contribution < -0.4 is 5.32 Å². The molecule has 2 amide bonds. The topological polar surface area (TPSA) is 69.6 Å². The lowest BCUT2D eigenvalue weighted by atomic mass is 10.1. The zero-order valence-electron chi connectivity index (χ0n) is 10.9. The van der Waals surface area contributed by atoms with E-state index in [1.54, 1.807) is 36.1 Å². The molecule has 0 radical (unpaired) electrons. The highest BCUT2D eigenvalue weighted by Gasteiger charge is 2.29. The van der Waals surface area contributed by atoms with E-state index in [-0.39, 0.29) is 24.3 Å². The summed E-state index contributed by atoms with van der Waals surface area (Å²) in [5.74, 6) is -0.212. The number of nitrogens with zero attached hydrogens (tertiary/aromatic N) is 1. The highest BCUT2D eigenvalue weighted by atomic mass is 16.3. The molecule has 2 N–H and O–H groups in total. The third-order valence-corrected chi connectivity index (χ3v) is 3.11. The zero-order chi connectivity index (χ0) is 13.8. The Hall–Kier alpha value is -1.88. The average molecular weight is 262 g/mol. The first kappa shape index (κ1) is 13.5. The maximum absolute atomic E-state index is 11.9. The second-order valence-electron chi connectivity index (χ2n) is 4.90. The van der Waals surface area contributed by atoms with Gasteiger partial charge in [-0.25, -0.2) is 0 Å². The van der Waals surface area contributed by atoms with Gasteiger partial charge in [0.05, 0.1) is 6.10 Å². The number of amides is 2. The summed E-state index contributed by atoms with van der Waals surface area (Å²) in [4.78, 5) is 25.2. The monoisotopic (exact) mass is 262 g/mol. The molecular formula is C14H18N2O3. The molecule has 1 heterocycles. The smallest absolute Gasteiger partial charge is 0.251 e. The average Bonchev–Trinajstić information content (AvgIpc) is 2.35. The molecule has 2 rings (SSSR count). The number of nitrogens with one attached hydrogen (secondary N) is 1. The minimum absolute atomic E-state index is 0.0360. The van der Waals surface area contributed by atoms with Crippen molar-refractivity contribution in [1.29, 1.82) is 0 Å². The minimum atomic E-state index is -0.391. The van der Waals surface area contributed by atoms with E-state index in [2.05, 4.69) is 5.32 Å². The number of rotatable bonds is 4. The number of carbonyl (C=O) groups excluding carboxylic acids is 2. The SMILES string of the molecule is CC(CC(=O)N1CC(O)C1)NC(=O)c1ccccc1. The third-order valence-electron chi connectivity index (χ3n) is 3.11. The molecular weight excluding hydrogens is 244 g/mol. The van der Waals surface area contributed by atoms with Crippen molar-refractivity contribution in [3.63, 3.8) is 0 Å². The first-order valence-corrected chi connectivity index (χ1v) is 6.38. The Morgan fingerprint density at radius 2 is 2.00 bits per heavy atom. The summed E-state index contributed by atoms with van der Waals surface area (Å²) in [5, 5.41) is 11.9. The molecule has 1 saturated heterocycles. The summed E-state index contributed by atoms with van der Waals surface area (Å²) < 4.78 is 0. The molecule has 1 aliphatic heterocycles. The van der Waals surface area contributed by atoms with Gasteiger partial charge in [-0.3, -0.25) is 9.59 Å².